The van der Waals surface area contributed by atoms with Gasteiger partial charge in [0.15, 0.2) is 0 Å². The average Bonchev–Trinajstić information content (AvgIpc) is 3.46. The van der Waals surface area contributed by atoms with Crippen LogP contribution in [0.3, 0.4) is 0 Å². The van der Waals surface area contributed by atoms with E-state index in [4.69, 9.17) is 9.47 Å². The van der Waals surface area contributed by atoms with Crippen molar-refractivity contribution >= 4 is 17.8 Å². The second-order valence-electron chi connectivity index (χ2n) is 11.6. The molecule has 40 heavy (non-hydrogen) atoms. The number of amides is 2. The molecule has 0 saturated carbocycles. The van der Waals surface area contributed by atoms with E-state index in [1.54, 1.807) is 17.1 Å². The molecule has 2 bridgehead atoms. The topological polar surface area (TPSA) is 96.4 Å². The number of rotatable bonds is 14. The molecule has 2 amide bonds. The van der Waals surface area contributed by atoms with E-state index in [0.29, 0.717) is 37.9 Å². The normalized spacial score (nSPS) is 31.1. The van der Waals surface area contributed by atoms with Crippen LogP contribution in [0.4, 0.5) is 0 Å². The fourth-order valence-electron chi connectivity index (χ4n) is 7.14. The Balaban J connectivity index is 1.81. The average molecular weight is 553 g/mol. The molecule has 1 N–H and O–H groups in total. The highest BCUT2D eigenvalue weighted by atomic mass is 16.6. The number of unbranched alkanes of at least 4 members (excludes halogenated alkanes) is 2. The molecule has 3 saturated heterocycles. The van der Waals surface area contributed by atoms with Gasteiger partial charge in [0.2, 0.25) is 11.8 Å². The lowest BCUT2D eigenvalue weighted by Crippen LogP contribution is -2.57. The largest absolute Gasteiger partial charge is 0.465 e. The maximum atomic E-state index is 14.5. The Hall–Kier alpha value is -2.97. The fourth-order valence-corrected chi connectivity index (χ4v) is 7.14. The van der Waals surface area contributed by atoms with Crippen molar-refractivity contribution in [1.82, 2.24) is 9.80 Å². The smallest absolute Gasteiger partial charge is 0.312 e. The summed E-state index contributed by atoms with van der Waals surface area (Å²) in [6.07, 6.45) is 6.96. The lowest BCUT2D eigenvalue weighted by atomic mass is 9.62. The maximum Gasteiger partial charge on any atom is 0.312 e. The maximum absolute atomic E-state index is 14.5. The van der Waals surface area contributed by atoms with Crippen LogP contribution in [0.15, 0.2) is 55.6 Å². The van der Waals surface area contributed by atoms with Gasteiger partial charge in [-0.1, -0.05) is 62.8 Å². The van der Waals surface area contributed by atoms with E-state index >= 15 is 0 Å². The minimum atomic E-state index is -1.21. The number of fused-ring (bicyclic) bond motifs is 1. The molecule has 3 heterocycles. The number of carbonyl (C=O) groups excluding carboxylic acids is 3. The molecule has 1 spiro atoms. The molecule has 8 heteroatoms. The molecule has 7 atom stereocenters. The number of aliphatic hydroxyl groups is 1. The van der Waals surface area contributed by atoms with Crippen LogP contribution in [0.1, 0.15) is 64.5 Å². The Bertz CT molecular complexity index is 1110. The standard InChI is InChI=1S/C32H44N2O6/c1-6-9-14-19-39-30(38)26-25-28(36)34(24(21-35)23-15-12-11-13-16-23)27(29(37)33(17-8-3)18-10-7-2)32(25)20-22(4)31(26,5)40-32/h6,8,11-13,15-16,22,24-27,35H,1,3,7,9-10,14,17-21H2,2,4-5H3/t22?,24-,25+,26-,27?,31+,32?/m1/s1. The monoisotopic (exact) mass is 552 g/mol. The van der Waals surface area contributed by atoms with Gasteiger partial charge in [-0.05, 0) is 44.1 Å². The summed E-state index contributed by atoms with van der Waals surface area (Å²) < 4.78 is 12.5. The van der Waals surface area contributed by atoms with Crippen LogP contribution >= 0.6 is 0 Å². The highest BCUT2D eigenvalue weighted by Crippen LogP contribution is 2.66. The Morgan fingerprint density at radius 2 is 1.98 bits per heavy atom. The van der Waals surface area contributed by atoms with Crippen molar-refractivity contribution in [3.05, 3.63) is 61.2 Å². The number of likely N-dealkylation sites (tertiary alicyclic amines) is 1. The first-order valence-electron chi connectivity index (χ1n) is 14.6. The molecule has 8 nitrogen and oxygen atoms in total. The Morgan fingerprint density at radius 3 is 2.60 bits per heavy atom. The number of aliphatic hydroxyl groups excluding tert-OH is 1. The van der Waals surface area contributed by atoms with Gasteiger partial charge < -0.3 is 24.4 Å². The van der Waals surface area contributed by atoms with Crippen molar-refractivity contribution in [3.63, 3.8) is 0 Å². The third-order valence-corrected chi connectivity index (χ3v) is 9.17. The SMILES string of the molecule is C=CCCCOC(=O)[C@H]1[C@H]2C(=O)N([C@H](CO)c3ccccc3)C(C(=O)N(CC=C)CCCC)C23CC(C)[C@]1(C)O3. The molecule has 3 unspecified atom stereocenters. The molecule has 3 aliphatic rings. The summed E-state index contributed by atoms with van der Waals surface area (Å²) in [5.41, 5.74) is -1.44. The number of benzene rings is 1. The van der Waals surface area contributed by atoms with Gasteiger partial charge in [0.25, 0.3) is 0 Å². The van der Waals surface area contributed by atoms with Crippen LogP contribution in [0.25, 0.3) is 0 Å². The second kappa shape index (κ2) is 12.3. The van der Waals surface area contributed by atoms with E-state index in [1.165, 1.54) is 4.90 Å². The number of hydrogen-bond acceptors (Lipinski definition) is 6. The first kappa shape index (κ1) is 30.0. The van der Waals surface area contributed by atoms with Crippen molar-refractivity contribution < 1.29 is 29.0 Å². The van der Waals surface area contributed by atoms with Crippen molar-refractivity contribution in [2.24, 2.45) is 17.8 Å². The van der Waals surface area contributed by atoms with Gasteiger partial charge in [-0.25, -0.2) is 0 Å². The van der Waals surface area contributed by atoms with Gasteiger partial charge in [-0.3, -0.25) is 14.4 Å². The zero-order valence-electron chi connectivity index (χ0n) is 24.1. The summed E-state index contributed by atoms with van der Waals surface area (Å²) in [5.74, 6) is -2.89. The summed E-state index contributed by atoms with van der Waals surface area (Å²) in [4.78, 5) is 45.9. The molecule has 0 aliphatic carbocycles. The Kier molecular flexibility index (Phi) is 9.20. The summed E-state index contributed by atoms with van der Waals surface area (Å²) in [6, 6.07) is 7.46. The summed E-state index contributed by atoms with van der Waals surface area (Å²) in [6.45, 7) is 14.2. The molecule has 218 valence electrons. The first-order valence-corrected chi connectivity index (χ1v) is 14.6. The highest BCUT2D eigenvalue weighted by Gasteiger charge is 2.80. The zero-order chi connectivity index (χ0) is 29.1. The molecule has 1 aromatic carbocycles. The predicted molar refractivity (Wildman–Crippen MR) is 152 cm³/mol. The van der Waals surface area contributed by atoms with Crippen molar-refractivity contribution in [3.8, 4) is 0 Å². The zero-order valence-corrected chi connectivity index (χ0v) is 24.1. The fraction of sp³-hybridized carbons (Fsp3) is 0.594. The van der Waals surface area contributed by atoms with Crippen LogP contribution in [0.2, 0.25) is 0 Å². The molecular weight excluding hydrogens is 508 g/mol. The Labute approximate surface area is 238 Å². The lowest BCUT2D eigenvalue weighted by molar-refractivity contribution is -0.164. The van der Waals surface area contributed by atoms with E-state index in [0.717, 1.165) is 12.8 Å². The molecule has 0 aromatic heterocycles. The van der Waals surface area contributed by atoms with Crippen LogP contribution in [-0.4, -0.2) is 76.2 Å². The minimum Gasteiger partial charge on any atom is -0.465 e. The number of ether oxygens (including phenoxy) is 2. The van der Waals surface area contributed by atoms with Gasteiger partial charge in [-0.2, -0.15) is 0 Å². The second-order valence-corrected chi connectivity index (χ2v) is 11.6. The number of nitrogens with zero attached hydrogens (tertiary/aromatic N) is 2. The number of esters is 1. The van der Waals surface area contributed by atoms with E-state index in [9.17, 15) is 19.5 Å². The quantitative estimate of drug-likeness (QED) is 0.213. The number of hydrogen-bond donors (Lipinski definition) is 1. The molecule has 4 rings (SSSR count). The summed E-state index contributed by atoms with van der Waals surface area (Å²) in [7, 11) is 0. The molecular formula is C32H44N2O6. The molecule has 3 aliphatic heterocycles. The van der Waals surface area contributed by atoms with Crippen LogP contribution in [0.5, 0.6) is 0 Å². The molecule has 1 aromatic rings. The predicted octanol–water partition coefficient (Wildman–Crippen LogP) is 4.05. The van der Waals surface area contributed by atoms with Gasteiger partial charge >= 0.3 is 5.97 Å². The summed E-state index contributed by atoms with van der Waals surface area (Å²) in [5, 5.41) is 10.6. The third-order valence-electron chi connectivity index (χ3n) is 9.17. The van der Waals surface area contributed by atoms with E-state index in [-0.39, 0.29) is 30.9 Å². The van der Waals surface area contributed by atoms with Gasteiger partial charge in [0, 0.05) is 13.1 Å². The lowest BCUT2D eigenvalue weighted by Gasteiger charge is -2.39. The van der Waals surface area contributed by atoms with Crippen molar-refractivity contribution in [1.29, 1.82) is 0 Å². The number of allylic oxidation sites excluding steroid dienone is 1. The Morgan fingerprint density at radius 1 is 1.25 bits per heavy atom. The van der Waals surface area contributed by atoms with Crippen LogP contribution < -0.4 is 0 Å². The van der Waals surface area contributed by atoms with Gasteiger partial charge in [0.1, 0.15) is 17.6 Å². The molecule has 0 radical (unpaired) electrons. The summed E-state index contributed by atoms with van der Waals surface area (Å²) >= 11 is 0. The van der Waals surface area contributed by atoms with E-state index in [1.807, 2.05) is 44.2 Å². The highest BCUT2D eigenvalue weighted by molar-refractivity contribution is 5.99. The van der Waals surface area contributed by atoms with Crippen LogP contribution in [0, 0.1) is 17.8 Å². The van der Waals surface area contributed by atoms with Crippen molar-refractivity contribution in [2.45, 2.75) is 76.2 Å². The van der Waals surface area contributed by atoms with Gasteiger partial charge in [0.05, 0.1) is 30.8 Å². The van der Waals surface area contributed by atoms with Gasteiger partial charge in [-0.15, -0.1) is 13.2 Å². The third kappa shape index (κ3) is 4.90. The van der Waals surface area contributed by atoms with Crippen LogP contribution in [-0.2, 0) is 23.9 Å². The number of carbonyl (C=O) groups is 3. The molecule has 3 fully saturated rings. The van der Waals surface area contributed by atoms with E-state index in [2.05, 4.69) is 20.1 Å². The minimum absolute atomic E-state index is 0.0923. The van der Waals surface area contributed by atoms with Crippen molar-refractivity contribution in [2.75, 3.05) is 26.3 Å². The first-order chi connectivity index (χ1) is 19.2. The van der Waals surface area contributed by atoms with E-state index < -0.39 is 41.1 Å².